The van der Waals surface area contributed by atoms with Gasteiger partial charge in [0.2, 0.25) is 10.0 Å². The summed E-state index contributed by atoms with van der Waals surface area (Å²) in [6, 6.07) is 11.2. The van der Waals surface area contributed by atoms with E-state index >= 15 is 0 Å². The van der Waals surface area contributed by atoms with Crippen LogP contribution < -0.4 is 4.72 Å². The number of halogens is 1. The van der Waals surface area contributed by atoms with Gasteiger partial charge in [-0.2, -0.15) is 0 Å². The first kappa shape index (κ1) is 17.0. The molecular weight excluding hydrogens is 350 g/mol. The van der Waals surface area contributed by atoms with Crippen LogP contribution in [0.25, 0.3) is 0 Å². The van der Waals surface area contributed by atoms with Crippen LogP contribution >= 0.6 is 11.6 Å². The van der Waals surface area contributed by atoms with Crippen molar-refractivity contribution in [1.29, 1.82) is 0 Å². The Hall–Kier alpha value is -1.89. The second-order valence-corrected chi connectivity index (χ2v) is 7.64. The quantitative estimate of drug-likeness (QED) is 0.845. The van der Waals surface area contributed by atoms with Crippen LogP contribution in [0.5, 0.6) is 0 Å². The highest BCUT2D eigenvalue weighted by Gasteiger charge is 2.29. The Morgan fingerprint density at radius 2 is 2.00 bits per heavy atom. The van der Waals surface area contributed by atoms with E-state index in [9.17, 15) is 13.2 Å². The molecule has 0 aromatic heterocycles. The SMILES string of the molecule is COC(=O)c1ccc2c(c1)CCC2NS(=O)(=O)c1ccccc1Cl. The van der Waals surface area contributed by atoms with Crippen molar-refractivity contribution in [2.24, 2.45) is 0 Å². The summed E-state index contributed by atoms with van der Waals surface area (Å²) in [5, 5.41) is 0.184. The number of sulfonamides is 1. The maximum atomic E-state index is 12.6. The largest absolute Gasteiger partial charge is 0.465 e. The minimum absolute atomic E-state index is 0.0614. The number of rotatable bonds is 4. The molecular formula is C17H16ClNO4S. The topological polar surface area (TPSA) is 72.5 Å². The van der Waals surface area contributed by atoms with Gasteiger partial charge in [-0.3, -0.25) is 0 Å². The second kappa shape index (κ2) is 6.55. The van der Waals surface area contributed by atoms with Crippen LogP contribution in [-0.2, 0) is 21.2 Å². The summed E-state index contributed by atoms with van der Waals surface area (Å²) >= 11 is 6.00. The molecule has 0 bridgehead atoms. The number of ether oxygens (including phenoxy) is 1. The van der Waals surface area contributed by atoms with Crippen LogP contribution in [0.4, 0.5) is 0 Å². The first-order valence-corrected chi connectivity index (χ1v) is 9.26. The van der Waals surface area contributed by atoms with Gasteiger partial charge in [-0.15, -0.1) is 0 Å². The Kier molecular flexibility index (Phi) is 4.62. The number of hydrogen-bond acceptors (Lipinski definition) is 4. The number of benzene rings is 2. The molecule has 7 heteroatoms. The molecule has 1 unspecified atom stereocenters. The van der Waals surface area contributed by atoms with Gasteiger partial charge in [0, 0.05) is 6.04 Å². The number of esters is 1. The van der Waals surface area contributed by atoms with Crippen LogP contribution in [0.3, 0.4) is 0 Å². The average Bonchev–Trinajstić information content (AvgIpc) is 2.96. The first-order valence-electron chi connectivity index (χ1n) is 7.40. The third kappa shape index (κ3) is 3.17. The van der Waals surface area contributed by atoms with Crippen molar-refractivity contribution < 1.29 is 17.9 Å². The number of carbonyl (C=O) groups excluding carboxylic acids is 1. The van der Waals surface area contributed by atoms with Crippen LogP contribution in [0, 0.1) is 0 Å². The molecule has 3 rings (SSSR count). The average molecular weight is 366 g/mol. The molecule has 126 valence electrons. The van der Waals surface area contributed by atoms with Crippen LogP contribution in [0.15, 0.2) is 47.4 Å². The lowest BCUT2D eigenvalue weighted by Crippen LogP contribution is -2.27. The summed E-state index contributed by atoms with van der Waals surface area (Å²) < 4.78 is 32.6. The zero-order valence-electron chi connectivity index (χ0n) is 13.0. The summed E-state index contributed by atoms with van der Waals surface area (Å²) in [6.07, 6.45) is 1.32. The maximum Gasteiger partial charge on any atom is 0.337 e. The number of fused-ring (bicyclic) bond motifs is 1. The Balaban J connectivity index is 1.87. The molecule has 0 saturated heterocycles. The Bertz CT molecular complexity index is 895. The predicted octanol–water partition coefficient (Wildman–Crippen LogP) is 3.09. The fraction of sp³-hybridized carbons (Fsp3) is 0.235. The molecule has 1 atom stereocenters. The van der Waals surface area contributed by atoms with Crippen molar-refractivity contribution in [2.75, 3.05) is 7.11 Å². The smallest absolute Gasteiger partial charge is 0.337 e. The molecule has 2 aromatic carbocycles. The molecule has 1 aliphatic carbocycles. The van der Waals surface area contributed by atoms with E-state index in [1.807, 2.05) is 0 Å². The molecule has 0 fully saturated rings. The van der Waals surface area contributed by atoms with E-state index in [-0.39, 0.29) is 16.0 Å². The van der Waals surface area contributed by atoms with Crippen molar-refractivity contribution in [3.63, 3.8) is 0 Å². The van der Waals surface area contributed by atoms with Crippen LogP contribution in [0.1, 0.15) is 33.9 Å². The summed E-state index contributed by atoms with van der Waals surface area (Å²) in [6.45, 7) is 0. The van der Waals surface area contributed by atoms with Crippen molar-refractivity contribution in [1.82, 2.24) is 4.72 Å². The molecule has 2 aromatic rings. The van der Waals surface area contributed by atoms with Crippen molar-refractivity contribution in [2.45, 2.75) is 23.8 Å². The summed E-state index contributed by atoms with van der Waals surface area (Å²) in [5.74, 6) is -0.405. The highest BCUT2D eigenvalue weighted by atomic mass is 35.5. The number of nitrogens with one attached hydrogen (secondary N) is 1. The molecule has 0 saturated carbocycles. The zero-order chi connectivity index (χ0) is 17.3. The molecule has 5 nitrogen and oxygen atoms in total. The molecule has 24 heavy (non-hydrogen) atoms. The normalized spacial score (nSPS) is 16.7. The van der Waals surface area contributed by atoms with E-state index < -0.39 is 16.0 Å². The molecule has 1 aliphatic rings. The van der Waals surface area contributed by atoms with Gasteiger partial charge in [0.05, 0.1) is 17.7 Å². The third-order valence-corrected chi connectivity index (χ3v) is 6.04. The predicted molar refractivity (Wildman–Crippen MR) is 90.6 cm³/mol. The third-order valence-electron chi connectivity index (χ3n) is 4.07. The van der Waals surface area contributed by atoms with Gasteiger partial charge in [-0.05, 0) is 48.2 Å². The van der Waals surface area contributed by atoms with Gasteiger partial charge in [0.15, 0.2) is 0 Å². The van der Waals surface area contributed by atoms with E-state index in [4.69, 9.17) is 16.3 Å². The van der Waals surface area contributed by atoms with E-state index in [2.05, 4.69) is 4.72 Å². The van der Waals surface area contributed by atoms with Gasteiger partial charge in [-0.1, -0.05) is 29.8 Å². The van der Waals surface area contributed by atoms with E-state index in [0.29, 0.717) is 18.4 Å². The van der Waals surface area contributed by atoms with Gasteiger partial charge in [0.25, 0.3) is 0 Å². The maximum absolute atomic E-state index is 12.6. The minimum Gasteiger partial charge on any atom is -0.465 e. The first-order chi connectivity index (χ1) is 11.4. The highest BCUT2D eigenvalue weighted by Crippen LogP contribution is 2.33. The second-order valence-electron chi connectivity index (χ2n) is 5.55. The molecule has 0 radical (unpaired) electrons. The lowest BCUT2D eigenvalue weighted by molar-refractivity contribution is 0.0600. The summed E-state index contributed by atoms with van der Waals surface area (Å²) in [5.41, 5.74) is 2.29. The standard InChI is InChI=1S/C17H16ClNO4S/c1-23-17(20)12-6-8-13-11(10-12)7-9-15(13)19-24(21,22)16-5-3-2-4-14(16)18/h2-6,8,10,15,19H,7,9H2,1H3. The Labute approximate surface area is 145 Å². The lowest BCUT2D eigenvalue weighted by atomic mass is 10.1. The Morgan fingerprint density at radius 1 is 1.25 bits per heavy atom. The van der Waals surface area contributed by atoms with E-state index in [1.54, 1.807) is 36.4 Å². The summed E-state index contributed by atoms with van der Waals surface area (Å²) in [7, 11) is -2.39. The molecule has 0 aliphatic heterocycles. The van der Waals surface area contributed by atoms with E-state index in [1.165, 1.54) is 13.2 Å². The van der Waals surface area contributed by atoms with Gasteiger partial charge in [-0.25, -0.2) is 17.9 Å². The van der Waals surface area contributed by atoms with Gasteiger partial charge >= 0.3 is 5.97 Å². The molecule has 0 amide bonds. The molecule has 0 spiro atoms. The zero-order valence-corrected chi connectivity index (χ0v) is 14.5. The number of carbonyl (C=O) groups is 1. The van der Waals surface area contributed by atoms with Gasteiger partial charge in [0.1, 0.15) is 4.90 Å². The number of aryl methyl sites for hydroxylation is 1. The lowest BCUT2D eigenvalue weighted by Gasteiger charge is -2.15. The van der Waals surface area contributed by atoms with Crippen molar-refractivity contribution in [3.8, 4) is 0 Å². The summed E-state index contributed by atoms with van der Waals surface area (Å²) in [4.78, 5) is 11.7. The van der Waals surface area contributed by atoms with E-state index in [0.717, 1.165) is 11.1 Å². The van der Waals surface area contributed by atoms with Crippen molar-refractivity contribution in [3.05, 3.63) is 64.2 Å². The van der Waals surface area contributed by atoms with Crippen LogP contribution in [-0.4, -0.2) is 21.5 Å². The minimum atomic E-state index is -3.72. The molecule has 1 N–H and O–H groups in total. The Morgan fingerprint density at radius 3 is 2.71 bits per heavy atom. The highest BCUT2D eigenvalue weighted by molar-refractivity contribution is 7.89. The monoisotopic (exact) mass is 365 g/mol. The fourth-order valence-electron chi connectivity index (χ4n) is 2.90. The van der Waals surface area contributed by atoms with Crippen LogP contribution in [0.2, 0.25) is 5.02 Å². The van der Waals surface area contributed by atoms with Crippen molar-refractivity contribution >= 4 is 27.6 Å². The molecule has 0 heterocycles. The van der Waals surface area contributed by atoms with Gasteiger partial charge < -0.3 is 4.74 Å². The fourth-order valence-corrected chi connectivity index (χ4v) is 4.67. The number of hydrogen-bond donors (Lipinski definition) is 1. The number of methoxy groups -OCH3 is 1.